The van der Waals surface area contributed by atoms with Crippen molar-refractivity contribution in [3.63, 3.8) is 0 Å². The summed E-state index contributed by atoms with van der Waals surface area (Å²) in [5, 5.41) is 2.75. The van der Waals surface area contributed by atoms with Crippen LogP contribution in [0.3, 0.4) is 0 Å². The fourth-order valence-electron chi connectivity index (χ4n) is 3.24. The van der Waals surface area contributed by atoms with Crippen molar-refractivity contribution < 1.29 is 17.9 Å². The number of methoxy groups -OCH3 is 1. The first-order chi connectivity index (χ1) is 11.8. The lowest BCUT2D eigenvalue weighted by molar-refractivity contribution is -0.126. The molecule has 1 heterocycles. The fourth-order valence-corrected chi connectivity index (χ4v) is 5.11. The highest BCUT2D eigenvalue weighted by Crippen LogP contribution is 2.33. The van der Waals surface area contributed by atoms with E-state index in [0.29, 0.717) is 43.8 Å². The number of nitrogens with zero attached hydrogens (tertiary/aromatic N) is 1. The first-order valence-electron chi connectivity index (χ1n) is 8.44. The molecule has 1 amide bonds. The monoisotopic (exact) mass is 369 g/mol. The minimum Gasteiger partial charge on any atom is -0.495 e. The van der Waals surface area contributed by atoms with Gasteiger partial charge in [0.2, 0.25) is 15.9 Å². The molecule has 1 aliphatic heterocycles. The van der Waals surface area contributed by atoms with Gasteiger partial charge in [0.25, 0.3) is 0 Å². The predicted molar refractivity (Wildman–Crippen MR) is 96.0 cm³/mol. The Morgan fingerprint density at radius 3 is 2.76 bits per heavy atom. The van der Waals surface area contributed by atoms with Gasteiger partial charge >= 0.3 is 0 Å². The summed E-state index contributed by atoms with van der Waals surface area (Å²) >= 11 is 0. The number of carbonyl (C=O) groups excluding carboxylic acids is 1. The third kappa shape index (κ3) is 4.31. The van der Waals surface area contributed by atoms with Crippen molar-refractivity contribution in [1.82, 2.24) is 9.62 Å². The second kappa shape index (κ2) is 8.16. The molecule has 1 atom stereocenters. The number of hydrogen-bond acceptors (Lipinski definition) is 5. The standard InChI is InChI=1S/C17H27N3O4S/c1-12-9-13(2)16(15(10-12)24-3)25(22,23)20-8-4-5-14(11-20)17(21)19-7-6-18/h9-10,14H,4-8,11,18H2,1-3H3,(H,19,21). The van der Waals surface area contributed by atoms with Crippen LogP contribution in [0.2, 0.25) is 0 Å². The van der Waals surface area contributed by atoms with Crippen molar-refractivity contribution in [2.45, 2.75) is 31.6 Å². The summed E-state index contributed by atoms with van der Waals surface area (Å²) in [6.07, 6.45) is 1.32. The Bertz CT molecular complexity index is 734. The second-order valence-electron chi connectivity index (χ2n) is 6.40. The number of rotatable bonds is 6. The SMILES string of the molecule is COc1cc(C)cc(C)c1S(=O)(=O)N1CCCC(C(=O)NCCN)C1. The number of hydrogen-bond donors (Lipinski definition) is 2. The number of amides is 1. The van der Waals surface area contributed by atoms with Crippen LogP contribution in [0, 0.1) is 19.8 Å². The summed E-state index contributed by atoms with van der Waals surface area (Å²) in [6.45, 7) is 4.99. The highest BCUT2D eigenvalue weighted by atomic mass is 32.2. The lowest BCUT2D eigenvalue weighted by Crippen LogP contribution is -2.46. The van der Waals surface area contributed by atoms with Crippen LogP contribution in [0.15, 0.2) is 17.0 Å². The molecule has 1 aromatic rings. The number of nitrogens with one attached hydrogen (secondary N) is 1. The van der Waals surface area contributed by atoms with Crippen LogP contribution < -0.4 is 15.8 Å². The molecule has 8 heteroatoms. The molecule has 0 radical (unpaired) electrons. The zero-order chi connectivity index (χ0) is 18.6. The van der Waals surface area contributed by atoms with E-state index in [2.05, 4.69) is 5.32 Å². The molecule has 0 spiro atoms. The molecule has 3 N–H and O–H groups in total. The number of aryl methyl sites for hydroxylation is 2. The molecule has 1 saturated heterocycles. The normalized spacial score (nSPS) is 18.8. The third-order valence-electron chi connectivity index (χ3n) is 4.40. The molecule has 0 bridgehead atoms. The Kier molecular flexibility index (Phi) is 6.42. The molecule has 1 fully saturated rings. The van der Waals surface area contributed by atoms with Crippen molar-refractivity contribution in [1.29, 1.82) is 0 Å². The van der Waals surface area contributed by atoms with Gasteiger partial charge in [-0.2, -0.15) is 4.31 Å². The van der Waals surface area contributed by atoms with Crippen LogP contribution in [0.1, 0.15) is 24.0 Å². The van der Waals surface area contributed by atoms with E-state index >= 15 is 0 Å². The molecule has 0 aromatic heterocycles. The van der Waals surface area contributed by atoms with Gasteiger partial charge in [-0.1, -0.05) is 6.07 Å². The van der Waals surface area contributed by atoms with Gasteiger partial charge in [0.1, 0.15) is 10.6 Å². The molecule has 1 unspecified atom stereocenters. The van der Waals surface area contributed by atoms with Crippen LogP contribution in [-0.4, -0.2) is 51.9 Å². The van der Waals surface area contributed by atoms with Gasteiger partial charge in [-0.25, -0.2) is 8.42 Å². The number of carbonyl (C=O) groups is 1. The van der Waals surface area contributed by atoms with Gasteiger partial charge in [0.15, 0.2) is 0 Å². The number of nitrogens with two attached hydrogens (primary N) is 1. The van der Waals surface area contributed by atoms with E-state index in [1.165, 1.54) is 11.4 Å². The quantitative estimate of drug-likeness (QED) is 0.772. The van der Waals surface area contributed by atoms with Crippen LogP contribution in [0.4, 0.5) is 0 Å². The van der Waals surface area contributed by atoms with Gasteiger partial charge in [0.05, 0.1) is 13.0 Å². The van der Waals surface area contributed by atoms with Crippen molar-refractivity contribution in [3.8, 4) is 5.75 Å². The van der Waals surface area contributed by atoms with Crippen LogP contribution in [-0.2, 0) is 14.8 Å². The maximum absolute atomic E-state index is 13.2. The molecule has 2 rings (SSSR count). The van der Waals surface area contributed by atoms with E-state index in [-0.39, 0.29) is 23.3 Å². The first-order valence-corrected chi connectivity index (χ1v) is 9.88. The molecule has 1 aromatic carbocycles. The number of piperidine rings is 1. The Morgan fingerprint density at radius 1 is 1.40 bits per heavy atom. The Balaban J connectivity index is 2.29. The van der Waals surface area contributed by atoms with Gasteiger partial charge in [-0.3, -0.25) is 4.79 Å². The van der Waals surface area contributed by atoms with Crippen LogP contribution in [0.25, 0.3) is 0 Å². The van der Waals surface area contributed by atoms with Gasteiger partial charge < -0.3 is 15.8 Å². The number of ether oxygens (including phenoxy) is 1. The Morgan fingerprint density at radius 2 is 2.12 bits per heavy atom. The molecule has 25 heavy (non-hydrogen) atoms. The van der Waals surface area contributed by atoms with E-state index in [1.54, 1.807) is 13.0 Å². The van der Waals surface area contributed by atoms with Crippen molar-refractivity contribution in [2.24, 2.45) is 11.7 Å². The Hall–Kier alpha value is -1.64. The summed E-state index contributed by atoms with van der Waals surface area (Å²) in [4.78, 5) is 12.4. The topological polar surface area (TPSA) is 102 Å². The van der Waals surface area contributed by atoms with Gasteiger partial charge in [-0.05, 0) is 43.9 Å². The average Bonchev–Trinajstić information content (AvgIpc) is 2.58. The minimum absolute atomic E-state index is 0.141. The number of sulfonamides is 1. The summed E-state index contributed by atoms with van der Waals surface area (Å²) in [5.41, 5.74) is 6.99. The highest BCUT2D eigenvalue weighted by molar-refractivity contribution is 7.89. The summed E-state index contributed by atoms with van der Waals surface area (Å²) in [7, 11) is -2.27. The third-order valence-corrected chi connectivity index (χ3v) is 6.45. The summed E-state index contributed by atoms with van der Waals surface area (Å²) in [5.74, 6) is -0.156. The molecular formula is C17H27N3O4S. The molecule has 1 aliphatic rings. The second-order valence-corrected chi connectivity index (χ2v) is 8.27. The average molecular weight is 369 g/mol. The molecule has 140 valence electrons. The van der Waals surface area contributed by atoms with Crippen molar-refractivity contribution >= 4 is 15.9 Å². The first kappa shape index (κ1) is 19.7. The zero-order valence-electron chi connectivity index (χ0n) is 15.0. The molecule has 0 aliphatic carbocycles. The van der Waals surface area contributed by atoms with Gasteiger partial charge in [-0.15, -0.1) is 0 Å². The smallest absolute Gasteiger partial charge is 0.247 e. The highest BCUT2D eigenvalue weighted by Gasteiger charge is 2.35. The summed E-state index contributed by atoms with van der Waals surface area (Å²) < 4.78 is 33.1. The van der Waals surface area contributed by atoms with E-state index in [1.807, 2.05) is 13.0 Å². The van der Waals surface area contributed by atoms with Gasteiger partial charge in [0, 0.05) is 26.2 Å². The summed E-state index contributed by atoms with van der Waals surface area (Å²) in [6, 6.07) is 3.54. The molecular weight excluding hydrogens is 342 g/mol. The maximum Gasteiger partial charge on any atom is 0.247 e. The molecule has 7 nitrogen and oxygen atoms in total. The fraction of sp³-hybridized carbons (Fsp3) is 0.588. The lowest BCUT2D eigenvalue weighted by atomic mass is 9.99. The van der Waals surface area contributed by atoms with Crippen molar-refractivity contribution in [3.05, 3.63) is 23.3 Å². The molecule has 0 saturated carbocycles. The van der Waals surface area contributed by atoms with Crippen LogP contribution >= 0.6 is 0 Å². The van der Waals surface area contributed by atoms with Crippen molar-refractivity contribution in [2.75, 3.05) is 33.3 Å². The van der Waals surface area contributed by atoms with E-state index in [0.717, 1.165) is 5.56 Å². The predicted octanol–water partition coefficient (Wildman–Crippen LogP) is 0.788. The van der Waals surface area contributed by atoms with E-state index in [4.69, 9.17) is 10.5 Å². The lowest BCUT2D eigenvalue weighted by Gasteiger charge is -2.32. The van der Waals surface area contributed by atoms with Crippen LogP contribution in [0.5, 0.6) is 5.75 Å². The minimum atomic E-state index is -3.74. The Labute approximate surface area is 149 Å². The zero-order valence-corrected chi connectivity index (χ0v) is 15.9. The van der Waals surface area contributed by atoms with E-state index < -0.39 is 10.0 Å². The van der Waals surface area contributed by atoms with E-state index in [9.17, 15) is 13.2 Å². The number of benzene rings is 1. The maximum atomic E-state index is 13.2. The largest absolute Gasteiger partial charge is 0.495 e.